The van der Waals surface area contributed by atoms with Crippen LogP contribution in [-0.2, 0) is 25.7 Å². The molecule has 0 aromatic heterocycles. The standard InChI is InChI=1S/C25H26FN3O4.C2HF3O2/c1-28-22(30)19-20(23(28)31)25(27-21(19)16-6-10-18(33-2)11-7-16)12-3-13-29(24(25)32)14-15-4-8-17(26)9-5-15;3-2(4,5)1(6)7/h4-11,19-21,27H,3,12-14H2,1-2H3;(H,6,7)/t19-,20-,21-,25-;/m1./s1. The molecule has 3 aliphatic rings. The van der Waals surface area contributed by atoms with E-state index in [0.29, 0.717) is 31.7 Å². The largest absolute Gasteiger partial charge is 0.497 e. The highest BCUT2D eigenvalue weighted by Crippen LogP contribution is 2.51. The van der Waals surface area contributed by atoms with E-state index in [1.54, 1.807) is 24.1 Å². The molecule has 2 aromatic rings. The van der Waals surface area contributed by atoms with Crippen molar-refractivity contribution in [3.8, 4) is 5.75 Å². The van der Waals surface area contributed by atoms with Gasteiger partial charge in [0.1, 0.15) is 17.1 Å². The second kappa shape index (κ2) is 10.9. The summed E-state index contributed by atoms with van der Waals surface area (Å²) in [6.07, 6.45) is -3.91. The van der Waals surface area contributed by atoms with Crippen molar-refractivity contribution in [1.29, 1.82) is 0 Å². The van der Waals surface area contributed by atoms with E-state index in [0.717, 1.165) is 11.1 Å². The van der Waals surface area contributed by atoms with Crippen molar-refractivity contribution in [2.24, 2.45) is 11.8 Å². The quantitative estimate of drug-likeness (QED) is 0.433. The van der Waals surface area contributed by atoms with Gasteiger partial charge in [-0.2, -0.15) is 13.2 Å². The average Bonchev–Trinajstić information content (AvgIpc) is 3.37. The van der Waals surface area contributed by atoms with Crippen molar-refractivity contribution in [2.45, 2.75) is 37.1 Å². The molecule has 9 nitrogen and oxygen atoms in total. The van der Waals surface area contributed by atoms with Gasteiger partial charge in [-0.1, -0.05) is 24.3 Å². The molecule has 0 bridgehead atoms. The molecule has 214 valence electrons. The maximum Gasteiger partial charge on any atom is 0.490 e. The van der Waals surface area contributed by atoms with E-state index in [1.807, 2.05) is 24.3 Å². The molecule has 40 heavy (non-hydrogen) atoms. The highest BCUT2D eigenvalue weighted by Gasteiger charge is 2.68. The first-order valence-electron chi connectivity index (χ1n) is 12.4. The van der Waals surface area contributed by atoms with E-state index in [-0.39, 0.29) is 23.5 Å². The fraction of sp³-hybridized carbons (Fsp3) is 0.407. The molecule has 3 saturated heterocycles. The van der Waals surface area contributed by atoms with Crippen LogP contribution in [0.3, 0.4) is 0 Å². The first-order chi connectivity index (χ1) is 18.8. The summed E-state index contributed by atoms with van der Waals surface area (Å²) in [5.41, 5.74) is 0.502. The van der Waals surface area contributed by atoms with Gasteiger partial charge in [0.15, 0.2) is 0 Å². The van der Waals surface area contributed by atoms with Crippen LogP contribution in [0.5, 0.6) is 5.75 Å². The van der Waals surface area contributed by atoms with Crippen LogP contribution in [0.15, 0.2) is 48.5 Å². The fourth-order valence-corrected chi connectivity index (χ4v) is 5.67. The maximum absolute atomic E-state index is 13.9. The minimum absolute atomic E-state index is 0.180. The van der Waals surface area contributed by atoms with E-state index >= 15 is 0 Å². The van der Waals surface area contributed by atoms with E-state index in [9.17, 15) is 31.9 Å². The molecule has 0 aliphatic carbocycles. The summed E-state index contributed by atoms with van der Waals surface area (Å²) in [6, 6.07) is 13.0. The lowest BCUT2D eigenvalue weighted by atomic mass is 9.74. The van der Waals surface area contributed by atoms with Gasteiger partial charge < -0.3 is 14.7 Å². The van der Waals surface area contributed by atoms with Crippen LogP contribution in [0.25, 0.3) is 0 Å². The van der Waals surface area contributed by atoms with E-state index in [2.05, 4.69) is 5.32 Å². The molecule has 3 aliphatic heterocycles. The number of alkyl halides is 3. The van der Waals surface area contributed by atoms with Gasteiger partial charge in [0.25, 0.3) is 0 Å². The number of imide groups is 1. The summed E-state index contributed by atoms with van der Waals surface area (Å²) in [5.74, 6) is -4.57. The highest BCUT2D eigenvalue weighted by atomic mass is 19.4. The smallest absolute Gasteiger partial charge is 0.490 e. The summed E-state index contributed by atoms with van der Waals surface area (Å²) in [4.78, 5) is 52.0. The van der Waals surface area contributed by atoms with Gasteiger partial charge in [0, 0.05) is 26.2 Å². The summed E-state index contributed by atoms with van der Waals surface area (Å²) >= 11 is 0. The molecule has 2 N–H and O–H groups in total. The van der Waals surface area contributed by atoms with Gasteiger partial charge in [-0.15, -0.1) is 0 Å². The van der Waals surface area contributed by atoms with Gasteiger partial charge in [-0.05, 0) is 48.2 Å². The molecule has 3 amide bonds. The summed E-state index contributed by atoms with van der Waals surface area (Å²) in [6.45, 7) is 0.868. The lowest BCUT2D eigenvalue weighted by molar-refractivity contribution is -0.192. The number of carboxylic acid groups (broad SMARTS) is 1. The van der Waals surface area contributed by atoms with Crippen LogP contribution in [0, 0.1) is 17.7 Å². The van der Waals surface area contributed by atoms with Gasteiger partial charge in [0.05, 0.1) is 18.9 Å². The summed E-state index contributed by atoms with van der Waals surface area (Å²) < 4.78 is 50.3. The number of hydrogen-bond acceptors (Lipinski definition) is 6. The summed E-state index contributed by atoms with van der Waals surface area (Å²) in [5, 5.41) is 10.6. The number of likely N-dealkylation sites (tertiary alicyclic amines) is 2. The zero-order valence-corrected chi connectivity index (χ0v) is 21.6. The second-order valence-electron chi connectivity index (χ2n) is 9.87. The Hall–Kier alpha value is -4.00. The Balaban J connectivity index is 0.000000470. The Kier molecular flexibility index (Phi) is 7.88. The SMILES string of the molecule is COc1ccc([C@H]2N[C@]3(CCCN(Cc4ccc(F)cc4)C3=O)[C@H]3C(=O)N(C)C(=O)[C@@H]23)cc1.O=C(O)C(F)(F)F. The molecular formula is C27H27F4N3O6. The number of aliphatic carboxylic acids is 1. The number of carbonyl (C=O) groups is 4. The number of halogens is 4. The molecule has 3 heterocycles. The van der Waals surface area contributed by atoms with Crippen molar-refractivity contribution in [3.05, 3.63) is 65.5 Å². The summed E-state index contributed by atoms with van der Waals surface area (Å²) in [7, 11) is 3.07. The Labute approximate surface area is 226 Å². The molecule has 0 radical (unpaired) electrons. The number of amides is 3. The van der Waals surface area contributed by atoms with E-state index < -0.39 is 35.6 Å². The number of benzene rings is 2. The maximum atomic E-state index is 13.9. The molecule has 0 unspecified atom stereocenters. The monoisotopic (exact) mass is 565 g/mol. The Morgan fingerprint density at radius 3 is 2.23 bits per heavy atom. The molecular weight excluding hydrogens is 538 g/mol. The van der Waals surface area contributed by atoms with Gasteiger partial charge >= 0.3 is 12.1 Å². The molecule has 2 aromatic carbocycles. The Morgan fingerprint density at radius 2 is 1.68 bits per heavy atom. The predicted molar refractivity (Wildman–Crippen MR) is 131 cm³/mol. The number of rotatable bonds is 4. The third kappa shape index (κ3) is 5.25. The topological polar surface area (TPSA) is 116 Å². The Bertz CT molecular complexity index is 1300. The van der Waals surface area contributed by atoms with Crippen molar-refractivity contribution >= 4 is 23.7 Å². The second-order valence-corrected chi connectivity index (χ2v) is 9.87. The number of nitrogens with one attached hydrogen (secondary N) is 1. The third-order valence-corrected chi connectivity index (χ3v) is 7.55. The van der Waals surface area contributed by atoms with Crippen LogP contribution in [0.4, 0.5) is 17.6 Å². The molecule has 4 atom stereocenters. The Morgan fingerprint density at radius 1 is 1.07 bits per heavy atom. The number of fused-ring (bicyclic) bond motifs is 2. The zero-order valence-electron chi connectivity index (χ0n) is 21.6. The van der Waals surface area contributed by atoms with Gasteiger partial charge in [-0.3, -0.25) is 24.6 Å². The van der Waals surface area contributed by atoms with Crippen LogP contribution < -0.4 is 10.1 Å². The number of nitrogens with zero attached hydrogens (tertiary/aromatic N) is 2. The van der Waals surface area contributed by atoms with Gasteiger partial charge in [0.2, 0.25) is 17.7 Å². The number of carboxylic acids is 1. The van der Waals surface area contributed by atoms with Crippen LogP contribution in [0.2, 0.25) is 0 Å². The van der Waals surface area contributed by atoms with Crippen molar-refractivity contribution < 1.29 is 46.6 Å². The van der Waals surface area contributed by atoms with E-state index in [4.69, 9.17) is 14.6 Å². The molecule has 13 heteroatoms. The molecule has 3 fully saturated rings. The number of methoxy groups -OCH3 is 1. The third-order valence-electron chi connectivity index (χ3n) is 7.55. The molecule has 5 rings (SSSR count). The first-order valence-corrected chi connectivity index (χ1v) is 12.4. The minimum atomic E-state index is -5.08. The number of ether oxygens (including phenoxy) is 1. The van der Waals surface area contributed by atoms with Crippen LogP contribution in [0.1, 0.15) is 30.0 Å². The first kappa shape index (κ1) is 29.0. The fourth-order valence-electron chi connectivity index (χ4n) is 5.67. The minimum Gasteiger partial charge on any atom is -0.497 e. The average molecular weight is 566 g/mol. The van der Waals surface area contributed by atoms with Crippen molar-refractivity contribution in [1.82, 2.24) is 15.1 Å². The zero-order chi connectivity index (χ0) is 29.4. The van der Waals surface area contributed by atoms with E-state index in [1.165, 1.54) is 24.1 Å². The van der Waals surface area contributed by atoms with Crippen molar-refractivity contribution in [2.75, 3.05) is 20.7 Å². The normalized spacial score (nSPS) is 26.1. The van der Waals surface area contributed by atoms with Gasteiger partial charge in [-0.25, -0.2) is 9.18 Å². The van der Waals surface area contributed by atoms with Crippen LogP contribution >= 0.6 is 0 Å². The highest BCUT2D eigenvalue weighted by molar-refractivity contribution is 6.10. The van der Waals surface area contributed by atoms with Crippen molar-refractivity contribution in [3.63, 3.8) is 0 Å². The van der Waals surface area contributed by atoms with Crippen LogP contribution in [-0.4, -0.2) is 71.0 Å². The molecule has 0 saturated carbocycles. The number of piperidine rings is 1. The lowest BCUT2D eigenvalue weighted by Gasteiger charge is -2.42. The lowest BCUT2D eigenvalue weighted by Crippen LogP contribution is -2.63. The molecule has 1 spiro atoms. The predicted octanol–water partition coefficient (Wildman–Crippen LogP) is 2.90. The number of carbonyl (C=O) groups excluding carboxylic acids is 3. The number of hydrogen-bond donors (Lipinski definition) is 2.